The van der Waals surface area contributed by atoms with Crippen molar-refractivity contribution in [3.63, 3.8) is 0 Å². The van der Waals surface area contributed by atoms with Crippen molar-refractivity contribution in [2.75, 3.05) is 0 Å². The third-order valence-corrected chi connectivity index (χ3v) is 3.73. The molecule has 0 atom stereocenters. The van der Waals surface area contributed by atoms with Gasteiger partial charge < -0.3 is 0 Å². The number of thiazole rings is 1. The molecule has 0 saturated heterocycles. The molecule has 6 heteroatoms. The minimum absolute atomic E-state index is 0.0964. The number of fused-ring (bicyclic) bond motifs is 1. The number of hydrogen-bond acceptors (Lipinski definition) is 5. The zero-order chi connectivity index (χ0) is 10.3. The highest BCUT2D eigenvalue weighted by Crippen LogP contribution is 2.09. The fourth-order valence-corrected chi connectivity index (χ4v) is 2.88. The Bertz CT molecular complexity index is 695. The molecular formula is C9H5N3OS2. The molecule has 3 aromatic heterocycles. The molecule has 0 fully saturated rings. The van der Waals surface area contributed by atoms with Gasteiger partial charge in [0.15, 0.2) is 0 Å². The van der Waals surface area contributed by atoms with Crippen molar-refractivity contribution in [3.8, 4) is 0 Å². The Balaban J connectivity index is 2.32. The van der Waals surface area contributed by atoms with Crippen molar-refractivity contribution in [2.24, 2.45) is 0 Å². The van der Waals surface area contributed by atoms with Gasteiger partial charge in [0.2, 0.25) is 4.96 Å². The van der Waals surface area contributed by atoms with Crippen molar-refractivity contribution in [1.29, 1.82) is 0 Å². The molecule has 4 nitrogen and oxygen atoms in total. The second-order valence-electron chi connectivity index (χ2n) is 2.89. The summed E-state index contributed by atoms with van der Waals surface area (Å²) in [6.07, 6.45) is 3.26. The standard InChI is InChI=1S/C9H5N3OS2/c13-8-7(4-6-2-1-3-14-6)15-9-10-5-11-12(8)9/h1-5H/b7-4+. The lowest BCUT2D eigenvalue weighted by Gasteiger charge is -1.77. The van der Waals surface area contributed by atoms with Crippen LogP contribution in [0.5, 0.6) is 0 Å². The predicted molar refractivity (Wildman–Crippen MR) is 60.2 cm³/mol. The van der Waals surface area contributed by atoms with Gasteiger partial charge in [-0.15, -0.1) is 11.3 Å². The molecule has 0 N–H and O–H groups in total. The van der Waals surface area contributed by atoms with Crippen molar-refractivity contribution in [2.45, 2.75) is 0 Å². The summed E-state index contributed by atoms with van der Waals surface area (Å²) in [7, 11) is 0. The van der Waals surface area contributed by atoms with Crippen LogP contribution in [0.2, 0.25) is 0 Å². The normalized spacial score (nSPS) is 12.7. The van der Waals surface area contributed by atoms with Gasteiger partial charge in [0.1, 0.15) is 6.33 Å². The first kappa shape index (κ1) is 8.75. The molecular weight excluding hydrogens is 230 g/mol. The van der Waals surface area contributed by atoms with Crippen LogP contribution >= 0.6 is 22.7 Å². The van der Waals surface area contributed by atoms with E-state index in [9.17, 15) is 4.79 Å². The summed E-state index contributed by atoms with van der Waals surface area (Å²) in [5.74, 6) is 0. The largest absolute Gasteiger partial charge is 0.291 e. The molecule has 74 valence electrons. The van der Waals surface area contributed by atoms with Crippen LogP contribution in [-0.2, 0) is 0 Å². The second kappa shape index (κ2) is 3.25. The molecule has 3 aromatic rings. The molecule has 0 aliphatic heterocycles. The van der Waals surface area contributed by atoms with Gasteiger partial charge in [0, 0.05) is 4.88 Å². The molecule has 0 saturated carbocycles. The van der Waals surface area contributed by atoms with Crippen molar-refractivity contribution in [1.82, 2.24) is 14.6 Å². The number of hydrogen-bond donors (Lipinski definition) is 0. The summed E-state index contributed by atoms with van der Waals surface area (Å²) in [6.45, 7) is 0. The molecule has 3 heterocycles. The van der Waals surface area contributed by atoms with E-state index >= 15 is 0 Å². The van der Waals surface area contributed by atoms with Crippen LogP contribution in [0.4, 0.5) is 0 Å². The maximum absolute atomic E-state index is 11.8. The minimum Gasteiger partial charge on any atom is -0.266 e. The van der Waals surface area contributed by atoms with Crippen LogP contribution in [0.25, 0.3) is 11.0 Å². The summed E-state index contributed by atoms with van der Waals surface area (Å²) in [5.41, 5.74) is -0.0964. The average molecular weight is 235 g/mol. The molecule has 15 heavy (non-hydrogen) atoms. The first-order valence-electron chi connectivity index (χ1n) is 4.22. The molecule has 0 spiro atoms. The fraction of sp³-hybridized carbons (Fsp3) is 0. The van der Waals surface area contributed by atoms with E-state index in [1.54, 1.807) is 11.3 Å². The fourth-order valence-electron chi connectivity index (χ4n) is 1.28. The van der Waals surface area contributed by atoms with Crippen molar-refractivity contribution >= 4 is 33.7 Å². The predicted octanol–water partition coefficient (Wildman–Crippen LogP) is 0.760. The van der Waals surface area contributed by atoms with E-state index in [1.165, 1.54) is 22.2 Å². The molecule has 0 aliphatic carbocycles. The summed E-state index contributed by atoms with van der Waals surface area (Å²) >= 11 is 2.96. The summed E-state index contributed by atoms with van der Waals surface area (Å²) in [5, 5.41) is 5.83. The topological polar surface area (TPSA) is 47.3 Å². The summed E-state index contributed by atoms with van der Waals surface area (Å²) < 4.78 is 2.00. The molecule has 0 bridgehead atoms. The lowest BCUT2D eigenvalue weighted by Crippen LogP contribution is -2.23. The van der Waals surface area contributed by atoms with Gasteiger partial charge >= 0.3 is 0 Å². The van der Waals surface area contributed by atoms with Gasteiger partial charge in [-0.2, -0.15) is 9.61 Å². The smallest absolute Gasteiger partial charge is 0.266 e. The van der Waals surface area contributed by atoms with Gasteiger partial charge in [-0.05, 0) is 17.5 Å². The van der Waals surface area contributed by atoms with Gasteiger partial charge in [0.05, 0.1) is 4.53 Å². The molecule has 0 unspecified atom stereocenters. The highest BCUT2D eigenvalue weighted by molar-refractivity contribution is 7.15. The Morgan fingerprint density at radius 3 is 3.13 bits per heavy atom. The Morgan fingerprint density at radius 2 is 2.40 bits per heavy atom. The van der Waals surface area contributed by atoms with Gasteiger partial charge in [-0.25, -0.2) is 4.98 Å². The molecule has 0 aliphatic rings. The van der Waals surface area contributed by atoms with Gasteiger partial charge in [-0.1, -0.05) is 17.4 Å². The van der Waals surface area contributed by atoms with E-state index < -0.39 is 0 Å². The quantitative estimate of drug-likeness (QED) is 0.625. The van der Waals surface area contributed by atoms with E-state index in [-0.39, 0.29) is 5.56 Å². The average Bonchev–Trinajstić information content (AvgIpc) is 2.89. The lowest BCUT2D eigenvalue weighted by molar-refractivity contribution is 0.932. The first-order chi connectivity index (χ1) is 7.34. The first-order valence-corrected chi connectivity index (χ1v) is 5.92. The van der Waals surface area contributed by atoms with Gasteiger partial charge in [0.25, 0.3) is 5.56 Å². The third kappa shape index (κ3) is 1.38. The van der Waals surface area contributed by atoms with E-state index in [0.29, 0.717) is 9.49 Å². The van der Waals surface area contributed by atoms with E-state index in [4.69, 9.17) is 0 Å². The Kier molecular flexibility index (Phi) is 1.90. The van der Waals surface area contributed by atoms with Gasteiger partial charge in [-0.3, -0.25) is 4.79 Å². The number of nitrogens with zero attached hydrogens (tertiary/aromatic N) is 3. The Morgan fingerprint density at radius 1 is 1.47 bits per heavy atom. The third-order valence-electron chi connectivity index (χ3n) is 1.94. The zero-order valence-electron chi connectivity index (χ0n) is 7.45. The summed E-state index contributed by atoms with van der Waals surface area (Å²) in [4.78, 5) is 17.5. The van der Waals surface area contributed by atoms with E-state index in [2.05, 4.69) is 10.1 Å². The maximum atomic E-state index is 11.8. The van der Waals surface area contributed by atoms with Crippen LogP contribution in [0.15, 0.2) is 28.6 Å². The minimum atomic E-state index is -0.0964. The van der Waals surface area contributed by atoms with Crippen LogP contribution in [-0.4, -0.2) is 14.6 Å². The maximum Gasteiger partial charge on any atom is 0.291 e. The van der Waals surface area contributed by atoms with Crippen LogP contribution in [0.3, 0.4) is 0 Å². The SMILES string of the molecule is O=c1/c(=C\c2cccs2)sc2ncnn12. The van der Waals surface area contributed by atoms with Crippen LogP contribution in [0, 0.1) is 0 Å². The molecule has 0 amide bonds. The lowest BCUT2D eigenvalue weighted by atomic mass is 10.4. The highest BCUT2D eigenvalue weighted by Gasteiger charge is 2.04. The number of aromatic nitrogens is 3. The van der Waals surface area contributed by atoms with Crippen LogP contribution < -0.4 is 10.1 Å². The summed E-state index contributed by atoms with van der Waals surface area (Å²) in [6, 6.07) is 3.93. The van der Waals surface area contributed by atoms with E-state index in [1.807, 2.05) is 23.6 Å². The van der Waals surface area contributed by atoms with Crippen molar-refractivity contribution < 1.29 is 0 Å². The Labute approximate surface area is 92.1 Å². The zero-order valence-corrected chi connectivity index (χ0v) is 9.09. The highest BCUT2D eigenvalue weighted by atomic mass is 32.1. The number of rotatable bonds is 1. The molecule has 0 aromatic carbocycles. The van der Waals surface area contributed by atoms with Crippen LogP contribution in [0.1, 0.15) is 4.88 Å². The molecule has 0 radical (unpaired) electrons. The monoisotopic (exact) mass is 235 g/mol. The molecule has 3 rings (SSSR count). The number of thiophene rings is 1. The van der Waals surface area contributed by atoms with E-state index in [0.717, 1.165) is 4.88 Å². The Hall–Kier alpha value is -1.53. The second-order valence-corrected chi connectivity index (χ2v) is 4.87. The van der Waals surface area contributed by atoms with Crippen molar-refractivity contribution in [3.05, 3.63) is 43.6 Å².